The van der Waals surface area contributed by atoms with Crippen molar-refractivity contribution in [3.63, 3.8) is 0 Å². The number of hydrogen-bond acceptors (Lipinski definition) is 9. The Balaban J connectivity index is 1.43. The Labute approximate surface area is 242 Å². The number of allylic oxidation sites excluding steroid dienone is 2. The maximum Gasteiger partial charge on any atom is 0.417 e. The zero-order valence-corrected chi connectivity index (χ0v) is 23.2. The summed E-state index contributed by atoms with van der Waals surface area (Å²) in [7, 11) is 1.58. The van der Waals surface area contributed by atoms with Crippen LogP contribution >= 0.6 is 11.6 Å². The van der Waals surface area contributed by atoms with Crippen molar-refractivity contribution in [3.8, 4) is 5.75 Å². The third kappa shape index (κ3) is 6.38. The minimum atomic E-state index is -4.67. The molecule has 5 rings (SSSR count). The number of aliphatic imine (C=N–C) groups is 1. The molecule has 0 radical (unpaired) electrons. The monoisotopic (exact) mass is 606 g/mol. The number of quaternary nitrogens is 1. The number of hydrogen-bond donors (Lipinski definition) is 3. The van der Waals surface area contributed by atoms with Gasteiger partial charge in [-0.05, 0) is 12.5 Å². The van der Waals surface area contributed by atoms with Crippen LogP contribution in [-0.4, -0.2) is 69.3 Å². The van der Waals surface area contributed by atoms with Crippen molar-refractivity contribution >= 4 is 46.8 Å². The van der Waals surface area contributed by atoms with Gasteiger partial charge in [0.2, 0.25) is 11.7 Å². The van der Waals surface area contributed by atoms with Crippen molar-refractivity contribution in [1.82, 2.24) is 24.0 Å². The number of aromatic nitrogens is 4. The highest BCUT2D eigenvalue weighted by Gasteiger charge is 2.32. The van der Waals surface area contributed by atoms with Crippen LogP contribution in [0.3, 0.4) is 0 Å². The lowest BCUT2D eigenvalue weighted by atomic mass is 10.2. The second kappa shape index (κ2) is 12.4. The average Bonchev–Trinajstić information content (AvgIpc) is 3.30. The smallest absolute Gasteiger partial charge is 0.417 e. The van der Waals surface area contributed by atoms with Gasteiger partial charge in [-0.15, -0.1) is 0 Å². The highest BCUT2D eigenvalue weighted by atomic mass is 35.5. The van der Waals surface area contributed by atoms with Gasteiger partial charge in [-0.2, -0.15) is 18.2 Å². The lowest BCUT2D eigenvalue weighted by molar-refractivity contribution is -0.528. The SMILES string of the molecule is Cn1c(Nc2cc(C(F)(F)F)cn(CCCN3CCOCC3)c2=O)nc2ncc(O/C(C=N)=C3\C=NC=C[NH2+]3)c(Cl)c21. The van der Waals surface area contributed by atoms with E-state index in [-0.39, 0.29) is 40.4 Å². The molecule has 42 heavy (non-hydrogen) atoms. The van der Waals surface area contributed by atoms with E-state index >= 15 is 0 Å². The molecule has 0 aliphatic carbocycles. The predicted octanol–water partition coefficient (Wildman–Crippen LogP) is 2.63. The first-order valence-corrected chi connectivity index (χ1v) is 13.4. The van der Waals surface area contributed by atoms with Gasteiger partial charge in [0.1, 0.15) is 22.4 Å². The normalized spacial score (nSPS) is 17.1. The fraction of sp³-hybridized carbons (Fsp3) is 0.346. The van der Waals surface area contributed by atoms with Gasteiger partial charge in [-0.25, -0.2) is 4.98 Å². The van der Waals surface area contributed by atoms with Crippen molar-refractivity contribution in [3.05, 3.63) is 63.3 Å². The summed E-state index contributed by atoms with van der Waals surface area (Å²) in [6.07, 6.45) is 3.79. The summed E-state index contributed by atoms with van der Waals surface area (Å²) in [6, 6.07) is 0.767. The summed E-state index contributed by atoms with van der Waals surface area (Å²) in [5, 5.41) is 12.3. The topological polar surface area (TPSA) is 139 Å². The molecule has 0 amide bonds. The van der Waals surface area contributed by atoms with E-state index in [0.717, 1.165) is 36.1 Å². The Morgan fingerprint density at radius 2 is 2.10 bits per heavy atom. The highest BCUT2D eigenvalue weighted by Crippen LogP contribution is 2.35. The minimum absolute atomic E-state index is 0.0522. The molecule has 12 nitrogen and oxygen atoms in total. The lowest BCUT2D eigenvalue weighted by Crippen LogP contribution is -2.77. The molecule has 2 aliphatic heterocycles. The van der Waals surface area contributed by atoms with Crippen molar-refractivity contribution in [2.45, 2.75) is 19.1 Å². The van der Waals surface area contributed by atoms with Crippen LogP contribution in [0.5, 0.6) is 5.75 Å². The van der Waals surface area contributed by atoms with Crippen molar-refractivity contribution in [2.75, 3.05) is 38.2 Å². The molecule has 5 heterocycles. The van der Waals surface area contributed by atoms with Crippen LogP contribution in [0.15, 0.2) is 52.1 Å². The van der Waals surface area contributed by atoms with Gasteiger partial charge < -0.3 is 29.3 Å². The minimum Gasteiger partial charge on any atom is -0.446 e. The molecule has 0 saturated carbocycles. The van der Waals surface area contributed by atoms with Crippen LogP contribution in [0.4, 0.5) is 24.8 Å². The molecule has 3 aromatic rings. The number of rotatable bonds is 9. The molecule has 0 aromatic carbocycles. The van der Waals surface area contributed by atoms with Gasteiger partial charge in [0.05, 0.1) is 43.6 Å². The summed E-state index contributed by atoms with van der Waals surface area (Å²) in [5.74, 6) is 0.351. The first kappa shape index (κ1) is 29.4. The molecule has 222 valence electrons. The van der Waals surface area contributed by atoms with E-state index in [9.17, 15) is 18.0 Å². The zero-order chi connectivity index (χ0) is 29.9. The molecule has 2 aliphatic rings. The quantitative estimate of drug-likeness (QED) is 0.251. The second-order valence-corrected chi connectivity index (χ2v) is 9.90. The molecule has 0 unspecified atom stereocenters. The maximum atomic E-state index is 13.8. The van der Waals surface area contributed by atoms with Crippen LogP contribution in [0, 0.1) is 5.41 Å². The summed E-state index contributed by atoms with van der Waals surface area (Å²) in [4.78, 5) is 28.0. The standard InChI is InChI=1S/C26H27ClF3N9O3/c1-37-22-21(27)20(42-19(12-31)18-13-32-3-4-33-18)14-34-23(22)36-25(37)35-17-11-16(26(28,29)30)15-39(24(17)40)6-2-5-38-7-9-41-10-8-38/h3-4,11-15,31,33H,2,5-10H2,1H3,(H,34,35,36)/p+1/b19-18+,31-12?. The molecule has 0 spiro atoms. The first-order valence-electron chi connectivity index (χ1n) is 13.0. The van der Waals surface area contributed by atoms with Gasteiger partial charge in [-0.1, -0.05) is 11.6 Å². The second-order valence-electron chi connectivity index (χ2n) is 9.53. The number of nitrogens with zero attached hydrogens (tertiary/aromatic N) is 6. The van der Waals surface area contributed by atoms with Crippen molar-refractivity contribution in [2.24, 2.45) is 12.0 Å². The number of anilines is 2. The van der Waals surface area contributed by atoms with Crippen LogP contribution in [0.1, 0.15) is 12.0 Å². The number of fused-ring (bicyclic) bond motifs is 1. The Morgan fingerprint density at radius 1 is 1.31 bits per heavy atom. The Hall–Kier alpha value is -4.05. The number of aryl methyl sites for hydroxylation is 2. The van der Waals surface area contributed by atoms with Crippen LogP contribution in [0.2, 0.25) is 5.02 Å². The molecular formula is C26H28ClF3N9O3+. The third-order valence-corrected chi connectivity index (χ3v) is 7.10. The number of imidazole rings is 1. The molecule has 0 bridgehead atoms. The number of halogens is 4. The molecule has 4 N–H and O–H groups in total. The number of pyridine rings is 2. The van der Waals surface area contributed by atoms with Gasteiger partial charge in [0.15, 0.2) is 17.1 Å². The van der Waals surface area contributed by atoms with E-state index in [0.29, 0.717) is 37.4 Å². The molecular weight excluding hydrogens is 579 g/mol. The summed E-state index contributed by atoms with van der Waals surface area (Å²) < 4.78 is 55.0. The summed E-state index contributed by atoms with van der Waals surface area (Å²) in [5.41, 5.74) is -0.855. The summed E-state index contributed by atoms with van der Waals surface area (Å²) >= 11 is 6.63. The zero-order valence-electron chi connectivity index (χ0n) is 22.5. The number of nitrogens with two attached hydrogens (primary N) is 1. The average molecular weight is 607 g/mol. The molecule has 1 saturated heterocycles. The third-order valence-electron chi connectivity index (χ3n) is 6.74. The summed E-state index contributed by atoms with van der Waals surface area (Å²) in [6.45, 7) is 3.43. The Morgan fingerprint density at radius 3 is 2.79 bits per heavy atom. The first-order chi connectivity index (χ1) is 20.2. The van der Waals surface area contributed by atoms with Gasteiger partial charge in [0, 0.05) is 39.4 Å². The van der Waals surface area contributed by atoms with Gasteiger partial charge in [0.25, 0.3) is 5.56 Å². The lowest BCUT2D eigenvalue weighted by Gasteiger charge is -2.26. The fourth-order valence-corrected chi connectivity index (χ4v) is 4.85. The van der Waals surface area contributed by atoms with E-state index in [4.69, 9.17) is 26.5 Å². The van der Waals surface area contributed by atoms with Crippen LogP contribution < -0.4 is 20.9 Å². The van der Waals surface area contributed by atoms with Gasteiger partial charge in [-0.3, -0.25) is 20.0 Å². The number of morpholine rings is 1. The van der Waals surface area contributed by atoms with E-state index in [1.165, 1.54) is 17.0 Å². The maximum absolute atomic E-state index is 13.8. The molecule has 16 heteroatoms. The van der Waals surface area contributed by atoms with E-state index < -0.39 is 17.3 Å². The highest BCUT2D eigenvalue weighted by molar-refractivity contribution is 6.36. The molecule has 1 fully saturated rings. The molecule has 0 atom stereocenters. The Bertz CT molecular complexity index is 1640. The van der Waals surface area contributed by atoms with E-state index in [2.05, 4.69) is 25.2 Å². The number of nitrogens with one attached hydrogen (secondary N) is 2. The van der Waals surface area contributed by atoms with Crippen LogP contribution in [-0.2, 0) is 24.5 Å². The Kier molecular flexibility index (Phi) is 8.72. The van der Waals surface area contributed by atoms with Gasteiger partial charge >= 0.3 is 6.18 Å². The number of alkyl halides is 3. The van der Waals surface area contributed by atoms with Crippen LogP contribution in [0.25, 0.3) is 11.2 Å². The van der Waals surface area contributed by atoms with Crippen molar-refractivity contribution in [1.29, 1.82) is 5.41 Å². The van der Waals surface area contributed by atoms with Crippen molar-refractivity contribution < 1.29 is 28.0 Å². The van der Waals surface area contributed by atoms with E-state index in [1.54, 1.807) is 24.8 Å². The number of ether oxygens (including phenoxy) is 2. The van der Waals surface area contributed by atoms with E-state index in [1.807, 2.05) is 0 Å². The molecule has 3 aromatic heterocycles. The predicted molar refractivity (Wildman–Crippen MR) is 150 cm³/mol. The largest absolute Gasteiger partial charge is 0.446 e. The fourth-order valence-electron chi connectivity index (χ4n) is 4.55.